The second-order valence-corrected chi connectivity index (χ2v) is 5.00. The highest BCUT2D eigenvalue weighted by molar-refractivity contribution is 9.10. The van der Waals surface area contributed by atoms with Crippen molar-refractivity contribution >= 4 is 33.2 Å². The van der Waals surface area contributed by atoms with Crippen LogP contribution < -0.4 is 5.32 Å². The molecule has 0 unspecified atom stereocenters. The van der Waals surface area contributed by atoms with Crippen LogP contribution >= 0.6 is 15.9 Å². The zero-order valence-electron chi connectivity index (χ0n) is 10.7. The van der Waals surface area contributed by atoms with Crippen LogP contribution in [0.5, 0.6) is 0 Å². The highest BCUT2D eigenvalue weighted by Crippen LogP contribution is 2.28. The van der Waals surface area contributed by atoms with Crippen molar-refractivity contribution in [3.05, 3.63) is 68.2 Å². The van der Waals surface area contributed by atoms with E-state index in [1.165, 1.54) is 18.2 Å². The number of aliphatic hydroxyl groups excluding tert-OH is 1. The van der Waals surface area contributed by atoms with Gasteiger partial charge in [0.1, 0.15) is 4.47 Å². The smallest absolute Gasteiger partial charge is 0.284 e. The van der Waals surface area contributed by atoms with Crippen molar-refractivity contribution in [2.75, 3.05) is 5.32 Å². The standard InChI is InChI=1S/C14H11BrN2O4/c15-13-11(5-2-6-12(13)17(20)21)14(19)16-10-4-1-3-9(7-10)8-18/h1-7,18H,8H2,(H,16,19). The van der Waals surface area contributed by atoms with Crippen LogP contribution in [0, 0.1) is 10.1 Å². The minimum atomic E-state index is -0.562. The van der Waals surface area contributed by atoms with E-state index in [9.17, 15) is 14.9 Å². The van der Waals surface area contributed by atoms with Gasteiger partial charge >= 0.3 is 0 Å². The number of nitrogens with zero attached hydrogens (tertiary/aromatic N) is 1. The molecule has 0 aliphatic rings. The average molecular weight is 351 g/mol. The number of nitro groups is 1. The second kappa shape index (κ2) is 6.47. The lowest BCUT2D eigenvalue weighted by Crippen LogP contribution is -2.13. The number of hydrogen-bond donors (Lipinski definition) is 2. The molecule has 7 heteroatoms. The SMILES string of the molecule is O=C(Nc1cccc(CO)c1)c1cccc([N+](=O)[O-])c1Br. The summed E-state index contributed by atoms with van der Waals surface area (Å²) in [6.07, 6.45) is 0. The van der Waals surface area contributed by atoms with Gasteiger partial charge in [0.2, 0.25) is 0 Å². The van der Waals surface area contributed by atoms with E-state index in [0.29, 0.717) is 11.3 Å². The normalized spacial score (nSPS) is 10.2. The number of anilines is 1. The number of carbonyl (C=O) groups excluding carboxylic acids is 1. The van der Waals surface area contributed by atoms with E-state index in [1.807, 2.05) is 0 Å². The zero-order chi connectivity index (χ0) is 15.4. The Morgan fingerprint density at radius 3 is 2.67 bits per heavy atom. The Balaban J connectivity index is 2.28. The highest BCUT2D eigenvalue weighted by atomic mass is 79.9. The van der Waals surface area contributed by atoms with Gasteiger partial charge in [0.05, 0.1) is 17.1 Å². The van der Waals surface area contributed by atoms with Gasteiger partial charge in [0.25, 0.3) is 11.6 Å². The minimum absolute atomic E-state index is 0.130. The molecule has 0 aliphatic carbocycles. The third-order valence-corrected chi connectivity index (χ3v) is 3.62. The molecular weight excluding hydrogens is 340 g/mol. The molecule has 0 atom stereocenters. The number of amides is 1. The molecule has 0 fully saturated rings. The maximum Gasteiger partial charge on any atom is 0.284 e. The topological polar surface area (TPSA) is 92.5 Å². The molecular formula is C14H11BrN2O4. The summed E-state index contributed by atoms with van der Waals surface area (Å²) in [5.74, 6) is -0.472. The molecule has 0 saturated carbocycles. The van der Waals surface area contributed by atoms with E-state index in [1.54, 1.807) is 24.3 Å². The third kappa shape index (κ3) is 3.45. The first-order chi connectivity index (χ1) is 10.0. The molecule has 0 radical (unpaired) electrons. The first-order valence-electron chi connectivity index (χ1n) is 5.97. The Hall–Kier alpha value is -2.25. The van der Waals surface area contributed by atoms with E-state index in [2.05, 4.69) is 21.2 Å². The molecule has 2 aromatic rings. The Morgan fingerprint density at radius 1 is 1.29 bits per heavy atom. The van der Waals surface area contributed by atoms with Crippen molar-refractivity contribution in [3.63, 3.8) is 0 Å². The van der Waals surface area contributed by atoms with Gasteiger partial charge in [-0.1, -0.05) is 18.2 Å². The van der Waals surface area contributed by atoms with Crippen LogP contribution in [0.15, 0.2) is 46.9 Å². The van der Waals surface area contributed by atoms with Crippen LogP contribution in [0.2, 0.25) is 0 Å². The van der Waals surface area contributed by atoms with E-state index in [0.717, 1.165) is 0 Å². The molecule has 2 N–H and O–H groups in total. The van der Waals surface area contributed by atoms with Gasteiger partial charge in [0, 0.05) is 11.8 Å². The largest absolute Gasteiger partial charge is 0.392 e. The number of carbonyl (C=O) groups is 1. The van der Waals surface area contributed by atoms with E-state index >= 15 is 0 Å². The summed E-state index contributed by atoms with van der Waals surface area (Å²) in [7, 11) is 0. The molecule has 0 saturated heterocycles. The molecule has 1 amide bonds. The minimum Gasteiger partial charge on any atom is -0.392 e. The quantitative estimate of drug-likeness (QED) is 0.654. The maximum atomic E-state index is 12.2. The lowest BCUT2D eigenvalue weighted by atomic mass is 10.1. The van der Waals surface area contributed by atoms with Crippen molar-refractivity contribution in [2.24, 2.45) is 0 Å². The summed E-state index contributed by atoms with van der Waals surface area (Å²) in [5, 5.41) is 22.6. The van der Waals surface area contributed by atoms with Crippen LogP contribution in [0.3, 0.4) is 0 Å². The molecule has 6 nitrogen and oxygen atoms in total. The molecule has 0 aromatic heterocycles. The van der Waals surface area contributed by atoms with Gasteiger partial charge in [-0.3, -0.25) is 14.9 Å². The van der Waals surface area contributed by atoms with Crippen LogP contribution in [-0.4, -0.2) is 15.9 Å². The summed E-state index contributed by atoms with van der Waals surface area (Å²) in [5.41, 5.74) is 1.15. The highest BCUT2D eigenvalue weighted by Gasteiger charge is 2.19. The predicted molar refractivity (Wildman–Crippen MR) is 81.1 cm³/mol. The van der Waals surface area contributed by atoms with Gasteiger partial charge in [-0.05, 0) is 39.7 Å². The Labute approximate surface area is 128 Å². The van der Waals surface area contributed by atoms with E-state index < -0.39 is 10.8 Å². The van der Waals surface area contributed by atoms with Crippen molar-refractivity contribution < 1.29 is 14.8 Å². The van der Waals surface area contributed by atoms with Crippen LogP contribution in [0.1, 0.15) is 15.9 Å². The number of nitrogens with one attached hydrogen (secondary N) is 1. The van der Waals surface area contributed by atoms with Crippen LogP contribution in [0.25, 0.3) is 0 Å². The van der Waals surface area contributed by atoms with Crippen LogP contribution in [0.4, 0.5) is 11.4 Å². The number of nitro benzene ring substituents is 1. The van der Waals surface area contributed by atoms with E-state index in [4.69, 9.17) is 5.11 Å². The Morgan fingerprint density at radius 2 is 2.00 bits per heavy atom. The zero-order valence-corrected chi connectivity index (χ0v) is 12.3. The fourth-order valence-electron chi connectivity index (χ4n) is 1.78. The number of halogens is 1. The van der Waals surface area contributed by atoms with Gasteiger partial charge in [-0.25, -0.2) is 0 Å². The van der Waals surface area contributed by atoms with Crippen molar-refractivity contribution in [1.29, 1.82) is 0 Å². The van der Waals surface area contributed by atoms with Crippen LogP contribution in [-0.2, 0) is 6.61 Å². The van der Waals surface area contributed by atoms with Gasteiger partial charge in [-0.15, -0.1) is 0 Å². The Bertz CT molecular complexity index is 703. The fraction of sp³-hybridized carbons (Fsp3) is 0.0714. The number of aliphatic hydroxyl groups is 1. The molecule has 0 bridgehead atoms. The summed E-state index contributed by atoms with van der Waals surface area (Å²) < 4.78 is 0.130. The van der Waals surface area contributed by atoms with Crippen molar-refractivity contribution in [1.82, 2.24) is 0 Å². The molecule has 108 valence electrons. The van der Waals surface area contributed by atoms with Crippen molar-refractivity contribution in [2.45, 2.75) is 6.61 Å². The average Bonchev–Trinajstić information content (AvgIpc) is 2.47. The molecule has 0 heterocycles. The fourth-order valence-corrected chi connectivity index (χ4v) is 2.37. The predicted octanol–water partition coefficient (Wildman–Crippen LogP) is 3.10. The first kappa shape index (κ1) is 15.1. The van der Waals surface area contributed by atoms with Gasteiger partial charge < -0.3 is 10.4 Å². The summed E-state index contributed by atoms with van der Waals surface area (Å²) in [4.78, 5) is 22.5. The molecule has 2 rings (SSSR count). The number of rotatable bonds is 4. The second-order valence-electron chi connectivity index (χ2n) is 4.21. The van der Waals surface area contributed by atoms with E-state index in [-0.39, 0.29) is 22.3 Å². The Kier molecular flexibility index (Phi) is 4.66. The monoisotopic (exact) mass is 350 g/mol. The lowest BCUT2D eigenvalue weighted by molar-refractivity contribution is -0.385. The van der Waals surface area contributed by atoms with Gasteiger partial charge in [-0.2, -0.15) is 0 Å². The number of hydrogen-bond acceptors (Lipinski definition) is 4. The molecule has 0 aliphatic heterocycles. The lowest BCUT2D eigenvalue weighted by Gasteiger charge is -2.08. The molecule has 21 heavy (non-hydrogen) atoms. The number of benzene rings is 2. The maximum absolute atomic E-state index is 12.2. The summed E-state index contributed by atoms with van der Waals surface area (Å²) >= 11 is 3.08. The summed E-state index contributed by atoms with van der Waals surface area (Å²) in [6.45, 7) is -0.135. The van der Waals surface area contributed by atoms with Crippen molar-refractivity contribution in [3.8, 4) is 0 Å². The van der Waals surface area contributed by atoms with Gasteiger partial charge in [0.15, 0.2) is 0 Å². The summed E-state index contributed by atoms with van der Waals surface area (Å²) in [6, 6.07) is 11.0. The molecule has 0 spiro atoms. The first-order valence-corrected chi connectivity index (χ1v) is 6.76. The third-order valence-electron chi connectivity index (χ3n) is 2.79. The molecule has 2 aromatic carbocycles.